The number of urea groups is 1. The molecule has 1 aliphatic rings. The van der Waals surface area contributed by atoms with Gasteiger partial charge in [0, 0.05) is 6.04 Å². The molecule has 1 N–H and O–H groups in total. The van der Waals surface area contributed by atoms with Crippen molar-refractivity contribution in [2.45, 2.75) is 26.1 Å². The molecule has 2 unspecified atom stereocenters. The minimum Gasteiger partial charge on any atom is -0.334 e. The second-order valence-electron chi connectivity index (χ2n) is 4.75. The van der Waals surface area contributed by atoms with E-state index < -0.39 is 29.6 Å². The number of alkyl halides is 3. The Bertz CT molecular complexity index is 540. The molecule has 1 fully saturated rings. The standard InChI is InChI=1S/C13H13F3N2O2/c1-7-8(2)17-12(20)18(11(7)19)10-5-3-9(4-6-10)13(14,15)16/h3-8H,1-2H3,(H,17,20). The van der Waals surface area contributed by atoms with Gasteiger partial charge in [-0.05, 0) is 31.2 Å². The molecule has 7 heteroatoms. The summed E-state index contributed by atoms with van der Waals surface area (Å²) in [4.78, 5) is 24.8. The molecule has 0 aliphatic carbocycles. The Balaban J connectivity index is 2.31. The van der Waals surface area contributed by atoms with Crippen LogP contribution in [0, 0.1) is 5.92 Å². The first-order valence-corrected chi connectivity index (χ1v) is 6.03. The minimum absolute atomic E-state index is 0.124. The number of hydrogen-bond donors (Lipinski definition) is 1. The summed E-state index contributed by atoms with van der Waals surface area (Å²) in [6.07, 6.45) is -4.45. The molecule has 2 rings (SSSR count). The number of nitrogens with zero attached hydrogens (tertiary/aromatic N) is 1. The molecular formula is C13H13F3N2O2. The smallest absolute Gasteiger partial charge is 0.334 e. The summed E-state index contributed by atoms with van der Waals surface area (Å²) < 4.78 is 37.4. The van der Waals surface area contributed by atoms with E-state index in [9.17, 15) is 22.8 Å². The van der Waals surface area contributed by atoms with E-state index in [0.717, 1.165) is 29.2 Å². The van der Waals surface area contributed by atoms with E-state index in [0.29, 0.717) is 0 Å². The molecule has 4 nitrogen and oxygen atoms in total. The molecule has 1 heterocycles. The maximum atomic E-state index is 12.5. The topological polar surface area (TPSA) is 49.4 Å². The lowest BCUT2D eigenvalue weighted by molar-refractivity contribution is -0.137. The Morgan fingerprint density at radius 3 is 2.15 bits per heavy atom. The van der Waals surface area contributed by atoms with E-state index in [1.165, 1.54) is 0 Å². The van der Waals surface area contributed by atoms with Crippen molar-refractivity contribution in [3.63, 3.8) is 0 Å². The van der Waals surface area contributed by atoms with Crippen LogP contribution in [-0.4, -0.2) is 18.0 Å². The summed E-state index contributed by atoms with van der Waals surface area (Å²) in [5.41, 5.74) is -0.702. The normalized spacial score (nSPS) is 23.8. The highest BCUT2D eigenvalue weighted by molar-refractivity contribution is 6.16. The van der Waals surface area contributed by atoms with Crippen molar-refractivity contribution >= 4 is 17.6 Å². The largest absolute Gasteiger partial charge is 0.416 e. The van der Waals surface area contributed by atoms with E-state index in [2.05, 4.69) is 5.32 Å². The molecule has 20 heavy (non-hydrogen) atoms. The van der Waals surface area contributed by atoms with Crippen molar-refractivity contribution in [1.82, 2.24) is 5.32 Å². The van der Waals surface area contributed by atoms with Crippen molar-refractivity contribution in [3.05, 3.63) is 29.8 Å². The van der Waals surface area contributed by atoms with Gasteiger partial charge in [-0.2, -0.15) is 13.2 Å². The number of hydrogen-bond acceptors (Lipinski definition) is 2. The second-order valence-corrected chi connectivity index (χ2v) is 4.75. The average molecular weight is 286 g/mol. The molecule has 1 aromatic rings. The van der Waals surface area contributed by atoms with Crippen LogP contribution in [0.5, 0.6) is 0 Å². The van der Waals surface area contributed by atoms with Crippen LogP contribution >= 0.6 is 0 Å². The Labute approximate surface area is 113 Å². The third-order valence-corrected chi connectivity index (χ3v) is 3.37. The highest BCUT2D eigenvalue weighted by Gasteiger charge is 2.37. The molecule has 0 saturated carbocycles. The van der Waals surface area contributed by atoms with Gasteiger partial charge in [0.15, 0.2) is 0 Å². The summed E-state index contributed by atoms with van der Waals surface area (Å²) in [5.74, 6) is -0.865. The monoisotopic (exact) mass is 286 g/mol. The SMILES string of the molecule is CC1NC(=O)N(c2ccc(C(F)(F)F)cc2)C(=O)C1C. The van der Waals surface area contributed by atoms with Gasteiger partial charge < -0.3 is 5.32 Å². The molecule has 0 aromatic heterocycles. The molecule has 0 radical (unpaired) electrons. The lowest BCUT2D eigenvalue weighted by Crippen LogP contribution is -2.58. The van der Waals surface area contributed by atoms with E-state index in [-0.39, 0.29) is 11.7 Å². The van der Waals surface area contributed by atoms with Crippen molar-refractivity contribution in [3.8, 4) is 0 Å². The second kappa shape index (κ2) is 4.81. The maximum absolute atomic E-state index is 12.5. The number of anilines is 1. The fourth-order valence-corrected chi connectivity index (χ4v) is 1.95. The molecule has 0 spiro atoms. The maximum Gasteiger partial charge on any atom is 0.416 e. The number of nitrogens with one attached hydrogen (secondary N) is 1. The van der Waals surface area contributed by atoms with Crippen molar-refractivity contribution < 1.29 is 22.8 Å². The van der Waals surface area contributed by atoms with E-state index >= 15 is 0 Å². The third-order valence-electron chi connectivity index (χ3n) is 3.37. The number of carbonyl (C=O) groups excluding carboxylic acids is 2. The van der Waals surface area contributed by atoms with Crippen LogP contribution in [0.2, 0.25) is 0 Å². The van der Waals surface area contributed by atoms with Gasteiger partial charge in [-0.15, -0.1) is 0 Å². The van der Waals surface area contributed by atoms with E-state index in [1.54, 1.807) is 13.8 Å². The Morgan fingerprint density at radius 2 is 1.65 bits per heavy atom. The average Bonchev–Trinajstić information content (AvgIpc) is 2.36. The van der Waals surface area contributed by atoms with Crippen LogP contribution in [0.3, 0.4) is 0 Å². The summed E-state index contributed by atoms with van der Waals surface area (Å²) in [6, 6.07) is 2.99. The van der Waals surface area contributed by atoms with Gasteiger partial charge in [-0.3, -0.25) is 4.79 Å². The minimum atomic E-state index is -4.45. The summed E-state index contributed by atoms with van der Waals surface area (Å²) >= 11 is 0. The molecule has 1 aromatic carbocycles. The van der Waals surface area contributed by atoms with Crippen LogP contribution in [-0.2, 0) is 11.0 Å². The van der Waals surface area contributed by atoms with Crippen molar-refractivity contribution in [2.24, 2.45) is 5.92 Å². The highest BCUT2D eigenvalue weighted by atomic mass is 19.4. The van der Waals surface area contributed by atoms with Crippen molar-refractivity contribution in [2.75, 3.05) is 4.90 Å². The van der Waals surface area contributed by atoms with Crippen LogP contribution in [0.1, 0.15) is 19.4 Å². The first-order chi connectivity index (χ1) is 9.21. The van der Waals surface area contributed by atoms with Gasteiger partial charge in [0.1, 0.15) is 0 Å². The fourth-order valence-electron chi connectivity index (χ4n) is 1.95. The Hall–Kier alpha value is -2.05. The molecular weight excluding hydrogens is 273 g/mol. The lowest BCUT2D eigenvalue weighted by Gasteiger charge is -2.34. The number of carbonyl (C=O) groups is 2. The van der Waals surface area contributed by atoms with Gasteiger partial charge in [0.2, 0.25) is 5.91 Å². The summed E-state index contributed by atoms with van der Waals surface area (Å²) in [7, 11) is 0. The number of imide groups is 1. The Morgan fingerprint density at radius 1 is 1.10 bits per heavy atom. The first kappa shape index (κ1) is 14.4. The van der Waals surface area contributed by atoms with Crippen LogP contribution < -0.4 is 10.2 Å². The van der Waals surface area contributed by atoms with Gasteiger partial charge in [0.05, 0.1) is 17.2 Å². The quantitative estimate of drug-likeness (QED) is 0.863. The summed E-state index contributed by atoms with van der Waals surface area (Å²) in [5, 5.41) is 2.60. The summed E-state index contributed by atoms with van der Waals surface area (Å²) in [6.45, 7) is 3.36. The highest BCUT2D eigenvalue weighted by Crippen LogP contribution is 2.31. The third kappa shape index (κ3) is 2.48. The molecule has 2 atom stereocenters. The van der Waals surface area contributed by atoms with Gasteiger partial charge >= 0.3 is 12.2 Å². The number of amides is 3. The number of rotatable bonds is 1. The zero-order valence-electron chi connectivity index (χ0n) is 10.9. The predicted molar refractivity (Wildman–Crippen MR) is 66.1 cm³/mol. The molecule has 3 amide bonds. The van der Waals surface area contributed by atoms with Crippen LogP contribution in [0.25, 0.3) is 0 Å². The van der Waals surface area contributed by atoms with Crippen LogP contribution in [0.4, 0.5) is 23.7 Å². The first-order valence-electron chi connectivity index (χ1n) is 6.03. The van der Waals surface area contributed by atoms with E-state index in [4.69, 9.17) is 0 Å². The molecule has 0 bridgehead atoms. The molecule has 108 valence electrons. The van der Waals surface area contributed by atoms with Crippen molar-refractivity contribution in [1.29, 1.82) is 0 Å². The number of halogens is 3. The molecule has 1 saturated heterocycles. The van der Waals surface area contributed by atoms with Gasteiger partial charge in [0.25, 0.3) is 0 Å². The zero-order chi connectivity index (χ0) is 15.1. The lowest BCUT2D eigenvalue weighted by atomic mass is 9.99. The fraction of sp³-hybridized carbons (Fsp3) is 0.385. The zero-order valence-corrected chi connectivity index (χ0v) is 10.9. The predicted octanol–water partition coefficient (Wildman–Crippen LogP) is 2.79. The van der Waals surface area contributed by atoms with Crippen LogP contribution in [0.15, 0.2) is 24.3 Å². The number of benzene rings is 1. The molecule has 1 aliphatic heterocycles. The Kier molecular flexibility index (Phi) is 3.45. The van der Waals surface area contributed by atoms with Gasteiger partial charge in [-0.1, -0.05) is 6.92 Å². The van der Waals surface area contributed by atoms with Gasteiger partial charge in [-0.25, -0.2) is 9.69 Å². The van der Waals surface area contributed by atoms with E-state index in [1.807, 2.05) is 0 Å².